The van der Waals surface area contributed by atoms with Crippen LogP contribution < -0.4 is 15.4 Å². The molecule has 1 aliphatic carbocycles. The van der Waals surface area contributed by atoms with E-state index < -0.39 is 5.82 Å². The van der Waals surface area contributed by atoms with Crippen molar-refractivity contribution in [2.75, 3.05) is 13.1 Å². The lowest BCUT2D eigenvalue weighted by molar-refractivity contribution is -0.128. The standard InChI is InChI=1S/C33H29Cl3FN5O3/c34-25-5-1-3-19(30(25)36)16-42(21-9-10-21)33(43)29-24(13-20-14-38-15-27(29)39-20)18-7-11-22(12-8-18)44-17-28-40-32(41-45-28)23-4-2-6-26(35)31(23)37/h1-8,11-12,20-21,27,38-39H,9-10,13-17H2/t20-,27-/m1/s1. The number of hydrogen-bond acceptors (Lipinski definition) is 7. The van der Waals surface area contributed by atoms with Gasteiger partial charge in [0.05, 0.1) is 26.7 Å². The van der Waals surface area contributed by atoms with E-state index in [9.17, 15) is 9.18 Å². The van der Waals surface area contributed by atoms with Crippen molar-refractivity contribution in [2.24, 2.45) is 0 Å². The molecule has 2 fully saturated rings. The van der Waals surface area contributed by atoms with Gasteiger partial charge in [-0.25, -0.2) is 4.39 Å². The number of benzene rings is 3. The molecular weight excluding hydrogens is 640 g/mol. The van der Waals surface area contributed by atoms with Crippen LogP contribution in [-0.4, -0.2) is 52.2 Å². The number of amides is 1. The van der Waals surface area contributed by atoms with E-state index in [4.69, 9.17) is 44.1 Å². The molecule has 1 amide bonds. The molecule has 2 aliphatic heterocycles. The summed E-state index contributed by atoms with van der Waals surface area (Å²) in [6.07, 6.45) is 2.65. The van der Waals surface area contributed by atoms with Crippen LogP contribution in [0.4, 0.5) is 4.39 Å². The van der Waals surface area contributed by atoms with Crippen LogP contribution in [0.2, 0.25) is 15.1 Å². The number of ether oxygens (including phenoxy) is 1. The summed E-state index contributed by atoms with van der Waals surface area (Å²) < 4.78 is 25.5. The fourth-order valence-electron chi connectivity index (χ4n) is 6.00. The molecule has 2 N–H and O–H groups in total. The van der Waals surface area contributed by atoms with E-state index in [1.54, 1.807) is 12.1 Å². The molecular formula is C33H29Cl3FN5O3. The summed E-state index contributed by atoms with van der Waals surface area (Å²) in [5, 5.41) is 11.9. The highest BCUT2D eigenvalue weighted by molar-refractivity contribution is 6.42. The van der Waals surface area contributed by atoms with E-state index in [0.29, 0.717) is 35.3 Å². The van der Waals surface area contributed by atoms with Gasteiger partial charge in [0.15, 0.2) is 12.4 Å². The molecule has 1 aromatic heterocycles. The second-order valence-electron chi connectivity index (χ2n) is 11.5. The second-order valence-corrected chi connectivity index (χ2v) is 12.7. The Hall–Kier alpha value is -3.47. The summed E-state index contributed by atoms with van der Waals surface area (Å²) in [6, 6.07) is 18.1. The molecule has 0 radical (unpaired) electrons. The maximum Gasteiger partial charge on any atom is 0.264 e. The van der Waals surface area contributed by atoms with Crippen molar-refractivity contribution in [1.29, 1.82) is 0 Å². The third-order valence-corrected chi connectivity index (χ3v) is 9.53. The minimum atomic E-state index is -0.610. The smallest absolute Gasteiger partial charge is 0.264 e. The number of hydrogen-bond donors (Lipinski definition) is 2. The van der Waals surface area contributed by atoms with Crippen molar-refractivity contribution in [3.63, 3.8) is 0 Å². The Kier molecular flexibility index (Phi) is 8.54. The number of fused-ring (bicyclic) bond motifs is 2. The number of nitrogens with one attached hydrogen (secondary N) is 2. The fraction of sp³-hybridized carbons (Fsp3) is 0.303. The minimum Gasteiger partial charge on any atom is -0.484 e. The number of aromatic nitrogens is 2. The van der Waals surface area contributed by atoms with Crippen LogP contribution in [0.25, 0.3) is 17.0 Å². The van der Waals surface area contributed by atoms with Gasteiger partial charge in [-0.3, -0.25) is 4.79 Å². The Morgan fingerprint density at radius 1 is 1.02 bits per heavy atom. The number of nitrogens with zero attached hydrogens (tertiary/aromatic N) is 3. The lowest BCUT2D eigenvalue weighted by Crippen LogP contribution is -2.60. The fourth-order valence-corrected chi connectivity index (χ4v) is 6.55. The molecule has 3 aromatic carbocycles. The number of carbonyl (C=O) groups excluding carboxylic acids is 1. The molecule has 0 spiro atoms. The van der Waals surface area contributed by atoms with Crippen molar-refractivity contribution in [3.05, 3.63) is 104 Å². The predicted octanol–water partition coefficient (Wildman–Crippen LogP) is 6.69. The van der Waals surface area contributed by atoms with Crippen LogP contribution in [0.15, 0.2) is 70.8 Å². The van der Waals surface area contributed by atoms with Gasteiger partial charge < -0.3 is 24.8 Å². The van der Waals surface area contributed by atoms with Gasteiger partial charge in [0, 0.05) is 37.3 Å². The quantitative estimate of drug-likeness (QED) is 0.205. The van der Waals surface area contributed by atoms with Gasteiger partial charge in [-0.15, -0.1) is 0 Å². The first-order valence-electron chi connectivity index (χ1n) is 14.8. The Labute approximate surface area is 274 Å². The van der Waals surface area contributed by atoms with Gasteiger partial charge in [0.25, 0.3) is 11.8 Å². The van der Waals surface area contributed by atoms with Crippen LogP contribution in [-0.2, 0) is 17.9 Å². The van der Waals surface area contributed by atoms with Crippen LogP contribution in [0.1, 0.15) is 36.3 Å². The minimum absolute atomic E-state index is 0.00309. The maximum absolute atomic E-state index is 14.4. The molecule has 8 nitrogen and oxygen atoms in total. The number of rotatable bonds is 9. The zero-order valence-corrected chi connectivity index (χ0v) is 26.3. The normalized spacial score (nSPS) is 19.5. The zero-order valence-electron chi connectivity index (χ0n) is 24.0. The van der Waals surface area contributed by atoms with E-state index >= 15 is 0 Å². The topological polar surface area (TPSA) is 92.5 Å². The maximum atomic E-state index is 14.4. The molecule has 1 saturated carbocycles. The van der Waals surface area contributed by atoms with Gasteiger partial charge >= 0.3 is 0 Å². The van der Waals surface area contributed by atoms with Gasteiger partial charge in [-0.05, 0) is 66.3 Å². The summed E-state index contributed by atoms with van der Waals surface area (Å²) in [6.45, 7) is 1.91. The average Bonchev–Trinajstić information content (AvgIpc) is 3.78. The lowest BCUT2D eigenvalue weighted by atomic mass is 9.83. The third-order valence-electron chi connectivity index (χ3n) is 8.38. The van der Waals surface area contributed by atoms with Crippen molar-refractivity contribution in [3.8, 4) is 17.1 Å². The molecule has 3 aliphatic rings. The van der Waals surface area contributed by atoms with Gasteiger partial charge in [-0.2, -0.15) is 4.98 Å². The predicted molar refractivity (Wildman–Crippen MR) is 171 cm³/mol. The Morgan fingerprint density at radius 2 is 1.80 bits per heavy atom. The molecule has 232 valence electrons. The van der Waals surface area contributed by atoms with Gasteiger partial charge in [0.1, 0.15) is 5.75 Å². The third kappa shape index (κ3) is 6.33. The Bertz CT molecular complexity index is 1780. The molecule has 2 bridgehead atoms. The molecule has 7 rings (SSSR count). The highest BCUT2D eigenvalue weighted by Gasteiger charge is 2.41. The molecule has 3 heterocycles. The van der Waals surface area contributed by atoms with Crippen molar-refractivity contribution >= 4 is 46.3 Å². The summed E-state index contributed by atoms with van der Waals surface area (Å²) >= 11 is 18.7. The summed E-state index contributed by atoms with van der Waals surface area (Å²) in [7, 11) is 0. The second kappa shape index (κ2) is 12.7. The van der Waals surface area contributed by atoms with Crippen molar-refractivity contribution < 1.29 is 18.4 Å². The number of halogens is 4. The monoisotopic (exact) mass is 667 g/mol. The zero-order chi connectivity index (χ0) is 31.1. The van der Waals surface area contributed by atoms with E-state index in [2.05, 4.69) is 20.8 Å². The lowest BCUT2D eigenvalue weighted by Gasteiger charge is -2.41. The summed E-state index contributed by atoms with van der Waals surface area (Å²) in [4.78, 5) is 20.6. The van der Waals surface area contributed by atoms with Gasteiger partial charge in [-0.1, -0.05) is 70.3 Å². The SMILES string of the molecule is O=C(C1=C(c2ccc(OCc3nc(-c4cccc(Cl)c4F)no3)cc2)C[C@@H]2CNC[C@H]1N2)N(Cc1cccc(Cl)c1Cl)C1CC1. The van der Waals surface area contributed by atoms with Crippen LogP contribution >= 0.6 is 34.8 Å². The largest absolute Gasteiger partial charge is 0.484 e. The molecule has 1 saturated heterocycles. The van der Waals surface area contributed by atoms with Crippen LogP contribution in [0.3, 0.4) is 0 Å². The van der Waals surface area contributed by atoms with E-state index in [1.807, 2.05) is 41.3 Å². The van der Waals surface area contributed by atoms with Crippen LogP contribution in [0, 0.1) is 5.82 Å². The Morgan fingerprint density at radius 3 is 2.60 bits per heavy atom. The van der Waals surface area contributed by atoms with Crippen molar-refractivity contribution in [1.82, 2.24) is 25.7 Å². The first-order chi connectivity index (χ1) is 21.9. The molecule has 4 aromatic rings. The summed E-state index contributed by atoms with van der Waals surface area (Å²) in [5.74, 6) is 0.292. The summed E-state index contributed by atoms with van der Waals surface area (Å²) in [5.41, 5.74) is 3.77. The Balaban J connectivity index is 1.12. The highest BCUT2D eigenvalue weighted by Crippen LogP contribution is 2.38. The average molecular weight is 669 g/mol. The van der Waals surface area contributed by atoms with E-state index in [0.717, 1.165) is 41.7 Å². The van der Waals surface area contributed by atoms with E-state index in [1.165, 1.54) is 12.1 Å². The van der Waals surface area contributed by atoms with Crippen LogP contribution in [0.5, 0.6) is 5.75 Å². The molecule has 45 heavy (non-hydrogen) atoms. The molecule has 0 unspecified atom stereocenters. The van der Waals surface area contributed by atoms with E-state index in [-0.39, 0.29) is 52.9 Å². The first-order valence-corrected chi connectivity index (χ1v) is 15.9. The molecule has 12 heteroatoms. The molecule has 2 atom stereocenters. The number of piperazine rings is 1. The highest BCUT2D eigenvalue weighted by atomic mass is 35.5. The van der Waals surface area contributed by atoms with Crippen molar-refractivity contribution in [2.45, 2.75) is 50.5 Å². The number of carbonyl (C=O) groups is 1. The first kappa shape index (κ1) is 30.2. The van der Waals surface area contributed by atoms with Gasteiger partial charge in [0.2, 0.25) is 5.82 Å².